The lowest BCUT2D eigenvalue weighted by molar-refractivity contribution is 1.14. The van der Waals surface area contributed by atoms with Crippen molar-refractivity contribution < 1.29 is 0 Å². The molecule has 0 unspecified atom stereocenters. The molecule has 0 amide bonds. The molecule has 0 aliphatic heterocycles. The minimum atomic E-state index is 0.621. The van der Waals surface area contributed by atoms with Crippen molar-refractivity contribution in [2.75, 3.05) is 10.6 Å². The maximum Gasteiger partial charge on any atom is 0.175 e. The predicted octanol–water partition coefficient (Wildman–Crippen LogP) is 4.67. The highest BCUT2D eigenvalue weighted by molar-refractivity contribution is 7.80. The molecule has 0 saturated heterocycles. The Morgan fingerprint density at radius 3 is 2.30 bits per heavy atom. The molecule has 2 aromatic rings. The summed E-state index contributed by atoms with van der Waals surface area (Å²) in [6.45, 7) is 6.30. The highest BCUT2D eigenvalue weighted by atomic mass is 32.1. The molecule has 0 heterocycles. The third-order valence-corrected chi connectivity index (χ3v) is 3.52. The molecule has 2 nitrogen and oxygen atoms in total. The SMILES string of the molecule is CCc1cccc(NC(=S)Nc2c(C)cccc2C)c1. The standard InChI is InChI=1S/C17H20N2S/c1-4-14-9-6-10-15(11-14)18-17(20)19-16-12(2)7-5-8-13(16)3/h5-11H,4H2,1-3H3,(H2,18,19,20). The highest BCUT2D eigenvalue weighted by Crippen LogP contribution is 2.20. The van der Waals surface area contributed by atoms with Gasteiger partial charge in [0, 0.05) is 11.4 Å². The van der Waals surface area contributed by atoms with Gasteiger partial charge in [0.1, 0.15) is 0 Å². The van der Waals surface area contributed by atoms with Gasteiger partial charge in [0.15, 0.2) is 5.11 Å². The van der Waals surface area contributed by atoms with Crippen LogP contribution in [0.1, 0.15) is 23.6 Å². The van der Waals surface area contributed by atoms with Crippen molar-refractivity contribution in [2.45, 2.75) is 27.2 Å². The maximum atomic E-state index is 5.39. The molecule has 0 aliphatic rings. The molecule has 104 valence electrons. The van der Waals surface area contributed by atoms with Gasteiger partial charge in [-0.25, -0.2) is 0 Å². The summed E-state index contributed by atoms with van der Waals surface area (Å²) in [5.74, 6) is 0. The summed E-state index contributed by atoms with van der Waals surface area (Å²) in [4.78, 5) is 0. The summed E-state index contributed by atoms with van der Waals surface area (Å²) in [5.41, 5.74) is 5.78. The summed E-state index contributed by atoms with van der Waals surface area (Å²) in [5, 5.41) is 7.15. The first-order valence-corrected chi connectivity index (χ1v) is 7.24. The second kappa shape index (κ2) is 6.53. The number of para-hydroxylation sites is 1. The van der Waals surface area contributed by atoms with Gasteiger partial charge in [-0.05, 0) is 61.3 Å². The van der Waals surface area contributed by atoms with Crippen LogP contribution in [0.25, 0.3) is 0 Å². The number of hydrogen-bond acceptors (Lipinski definition) is 1. The Labute approximate surface area is 126 Å². The lowest BCUT2D eigenvalue weighted by Crippen LogP contribution is -2.20. The van der Waals surface area contributed by atoms with E-state index in [4.69, 9.17) is 12.2 Å². The van der Waals surface area contributed by atoms with Crippen molar-refractivity contribution in [2.24, 2.45) is 0 Å². The Balaban J connectivity index is 2.09. The van der Waals surface area contributed by atoms with Crippen molar-refractivity contribution in [1.82, 2.24) is 0 Å². The first kappa shape index (κ1) is 14.5. The number of aryl methyl sites for hydroxylation is 3. The normalized spacial score (nSPS) is 10.2. The number of rotatable bonds is 3. The van der Waals surface area contributed by atoms with Crippen molar-refractivity contribution in [1.29, 1.82) is 0 Å². The molecule has 0 radical (unpaired) electrons. The first-order valence-electron chi connectivity index (χ1n) is 6.83. The largest absolute Gasteiger partial charge is 0.332 e. The molecule has 0 aliphatic carbocycles. The second-order valence-corrected chi connectivity index (χ2v) is 5.31. The summed E-state index contributed by atoms with van der Waals surface area (Å²) >= 11 is 5.39. The molecule has 0 spiro atoms. The van der Waals surface area contributed by atoms with Crippen molar-refractivity contribution in [3.05, 3.63) is 59.2 Å². The van der Waals surface area contributed by atoms with Gasteiger partial charge in [0.05, 0.1) is 0 Å². The molecule has 20 heavy (non-hydrogen) atoms. The van der Waals surface area contributed by atoms with E-state index in [2.05, 4.69) is 61.7 Å². The molecule has 0 bridgehead atoms. The lowest BCUT2D eigenvalue weighted by atomic mass is 10.1. The second-order valence-electron chi connectivity index (χ2n) is 4.90. The first-order chi connectivity index (χ1) is 9.60. The number of thiocarbonyl (C=S) groups is 1. The van der Waals surface area contributed by atoms with Crippen LogP contribution < -0.4 is 10.6 Å². The molecule has 2 rings (SSSR count). The molecular weight excluding hydrogens is 264 g/mol. The molecule has 2 aromatic carbocycles. The van der Waals surface area contributed by atoms with E-state index in [-0.39, 0.29) is 0 Å². The molecule has 0 saturated carbocycles. The van der Waals surface area contributed by atoms with E-state index < -0.39 is 0 Å². The summed E-state index contributed by atoms with van der Waals surface area (Å²) < 4.78 is 0. The van der Waals surface area contributed by atoms with E-state index in [0.717, 1.165) is 17.8 Å². The third kappa shape index (κ3) is 3.58. The fraction of sp³-hybridized carbons (Fsp3) is 0.235. The van der Waals surface area contributed by atoms with Crippen LogP contribution >= 0.6 is 12.2 Å². The Kier molecular flexibility index (Phi) is 4.74. The monoisotopic (exact) mass is 284 g/mol. The molecular formula is C17H20N2S. The number of hydrogen-bond donors (Lipinski definition) is 2. The van der Waals surface area contributed by atoms with Gasteiger partial charge in [-0.1, -0.05) is 37.3 Å². The Bertz CT molecular complexity index is 600. The van der Waals surface area contributed by atoms with Crippen molar-refractivity contribution in [3.8, 4) is 0 Å². The number of anilines is 2. The summed E-state index contributed by atoms with van der Waals surface area (Å²) in [6.07, 6.45) is 1.02. The van der Waals surface area contributed by atoms with Crippen molar-refractivity contribution >= 4 is 28.7 Å². The van der Waals surface area contributed by atoms with Gasteiger partial charge >= 0.3 is 0 Å². The Morgan fingerprint density at radius 2 is 1.65 bits per heavy atom. The fourth-order valence-electron chi connectivity index (χ4n) is 2.16. The van der Waals surface area contributed by atoms with Crippen LogP contribution in [0.5, 0.6) is 0 Å². The van der Waals surface area contributed by atoms with Crippen LogP contribution in [-0.4, -0.2) is 5.11 Å². The topological polar surface area (TPSA) is 24.1 Å². The van der Waals surface area contributed by atoms with E-state index >= 15 is 0 Å². The quantitative estimate of drug-likeness (QED) is 0.801. The molecule has 0 atom stereocenters. The zero-order valence-corrected chi connectivity index (χ0v) is 13.0. The number of nitrogens with one attached hydrogen (secondary N) is 2. The molecule has 0 fully saturated rings. The molecule has 2 N–H and O–H groups in total. The van der Waals surface area contributed by atoms with Crippen LogP contribution in [0.4, 0.5) is 11.4 Å². The minimum Gasteiger partial charge on any atom is -0.332 e. The lowest BCUT2D eigenvalue weighted by Gasteiger charge is -2.15. The molecule has 0 aromatic heterocycles. The van der Waals surface area contributed by atoms with Gasteiger partial charge < -0.3 is 10.6 Å². The number of benzene rings is 2. The summed E-state index contributed by atoms with van der Waals surface area (Å²) in [7, 11) is 0. The van der Waals surface area contributed by atoms with Gasteiger partial charge in [0.2, 0.25) is 0 Å². The fourth-order valence-corrected chi connectivity index (χ4v) is 2.38. The van der Waals surface area contributed by atoms with Crippen LogP contribution in [0.15, 0.2) is 42.5 Å². The van der Waals surface area contributed by atoms with Crippen LogP contribution in [-0.2, 0) is 6.42 Å². The van der Waals surface area contributed by atoms with E-state index in [0.29, 0.717) is 5.11 Å². The van der Waals surface area contributed by atoms with Gasteiger partial charge in [0.25, 0.3) is 0 Å². The van der Waals surface area contributed by atoms with Crippen LogP contribution in [0, 0.1) is 13.8 Å². The van der Waals surface area contributed by atoms with Crippen LogP contribution in [0.2, 0.25) is 0 Å². The van der Waals surface area contributed by atoms with E-state index in [1.54, 1.807) is 0 Å². The van der Waals surface area contributed by atoms with Crippen molar-refractivity contribution in [3.63, 3.8) is 0 Å². The Hall–Kier alpha value is -1.87. The average Bonchev–Trinajstić information content (AvgIpc) is 2.43. The summed E-state index contributed by atoms with van der Waals surface area (Å²) in [6, 6.07) is 14.5. The molecule has 3 heteroatoms. The minimum absolute atomic E-state index is 0.621. The van der Waals surface area contributed by atoms with E-state index in [9.17, 15) is 0 Å². The smallest absolute Gasteiger partial charge is 0.175 e. The van der Waals surface area contributed by atoms with Crippen LogP contribution in [0.3, 0.4) is 0 Å². The van der Waals surface area contributed by atoms with Gasteiger partial charge in [-0.3, -0.25) is 0 Å². The maximum absolute atomic E-state index is 5.39. The van der Waals surface area contributed by atoms with Gasteiger partial charge in [-0.15, -0.1) is 0 Å². The average molecular weight is 284 g/mol. The third-order valence-electron chi connectivity index (χ3n) is 3.31. The zero-order chi connectivity index (χ0) is 14.5. The Morgan fingerprint density at radius 1 is 1.00 bits per heavy atom. The van der Waals surface area contributed by atoms with Gasteiger partial charge in [-0.2, -0.15) is 0 Å². The highest BCUT2D eigenvalue weighted by Gasteiger charge is 2.04. The predicted molar refractivity (Wildman–Crippen MR) is 91.6 cm³/mol. The van der Waals surface area contributed by atoms with E-state index in [1.807, 2.05) is 12.1 Å². The van der Waals surface area contributed by atoms with E-state index in [1.165, 1.54) is 16.7 Å². The zero-order valence-electron chi connectivity index (χ0n) is 12.2.